The molecule has 5 nitrogen and oxygen atoms in total. The number of carbonyl (C=O) groups is 1. The summed E-state index contributed by atoms with van der Waals surface area (Å²) in [5, 5.41) is 3.14. The molecule has 3 atom stereocenters. The SMILES string of the molecule is CCOC(=O)C(C)(CC(C)N(C)CC1CCCN1C)NC. The molecule has 0 aromatic rings. The number of rotatable bonds is 8. The van der Waals surface area contributed by atoms with Crippen LogP contribution >= 0.6 is 0 Å². The first kappa shape index (κ1) is 18.4. The van der Waals surface area contributed by atoms with Crippen LogP contribution in [0, 0.1) is 0 Å². The van der Waals surface area contributed by atoms with Crippen LogP contribution in [-0.4, -0.2) is 74.2 Å². The molecule has 1 heterocycles. The van der Waals surface area contributed by atoms with Gasteiger partial charge in [0.15, 0.2) is 0 Å². The molecule has 1 N–H and O–H groups in total. The molecule has 1 aliphatic rings. The van der Waals surface area contributed by atoms with Crippen LogP contribution in [0.2, 0.25) is 0 Å². The van der Waals surface area contributed by atoms with E-state index in [2.05, 4.69) is 36.1 Å². The summed E-state index contributed by atoms with van der Waals surface area (Å²) < 4.78 is 5.20. The van der Waals surface area contributed by atoms with Crippen LogP contribution in [0.5, 0.6) is 0 Å². The van der Waals surface area contributed by atoms with Crippen LogP contribution in [0.25, 0.3) is 0 Å². The predicted molar refractivity (Wildman–Crippen MR) is 86.5 cm³/mol. The third kappa shape index (κ3) is 4.94. The van der Waals surface area contributed by atoms with Gasteiger partial charge in [-0.3, -0.25) is 4.79 Å². The second-order valence-electron chi connectivity index (χ2n) is 6.57. The maximum atomic E-state index is 12.1. The Morgan fingerprint density at radius 3 is 2.71 bits per heavy atom. The van der Waals surface area contributed by atoms with E-state index in [9.17, 15) is 4.79 Å². The van der Waals surface area contributed by atoms with E-state index >= 15 is 0 Å². The van der Waals surface area contributed by atoms with E-state index in [1.54, 1.807) is 0 Å². The molecule has 0 aliphatic carbocycles. The molecular formula is C16H33N3O2. The van der Waals surface area contributed by atoms with Gasteiger partial charge in [0, 0.05) is 18.6 Å². The largest absolute Gasteiger partial charge is 0.465 e. The molecule has 0 amide bonds. The molecule has 0 bridgehead atoms. The highest BCUT2D eigenvalue weighted by Crippen LogP contribution is 2.20. The van der Waals surface area contributed by atoms with Crippen LogP contribution in [-0.2, 0) is 9.53 Å². The Morgan fingerprint density at radius 1 is 1.57 bits per heavy atom. The van der Waals surface area contributed by atoms with Gasteiger partial charge in [-0.25, -0.2) is 0 Å². The van der Waals surface area contributed by atoms with Crippen LogP contribution < -0.4 is 5.32 Å². The molecule has 1 rings (SSSR count). The molecule has 0 saturated carbocycles. The van der Waals surface area contributed by atoms with Crippen molar-refractivity contribution in [2.75, 3.05) is 40.8 Å². The Labute approximate surface area is 130 Å². The minimum Gasteiger partial charge on any atom is -0.465 e. The van der Waals surface area contributed by atoms with Crippen molar-refractivity contribution in [3.8, 4) is 0 Å². The zero-order valence-electron chi connectivity index (χ0n) is 14.6. The average Bonchev–Trinajstić information content (AvgIpc) is 2.84. The van der Waals surface area contributed by atoms with Crippen molar-refractivity contribution in [2.45, 2.75) is 57.7 Å². The molecule has 5 heteroatoms. The molecule has 0 radical (unpaired) electrons. The third-order valence-corrected chi connectivity index (χ3v) is 4.90. The number of hydrogen-bond donors (Lipinski definition) is 1. The van der Waals surface area contributed by atoms with Crippen LogP contribution in [0.4, 0.5) is 0 Å². The number of nitrogens with one attached hydrogen (secondary N) is 1. The topological polar surface area (TPSA) is 44.8 Å². The lowest BCUT2D eigenvalue weighted by molar-refractivity contribution is -0.151. The number of carbonyl (C=O) groups excluding carboxylic acids is 1. The molecule has 21 heavy (non-hydrogen) atoms. The van der Waals surface area contributed by atoms with Crippen molar-refractivity contribution in [3.63, 3.8) is 0 Å². The lowest BCUT2D eigenvalue weighted by atomic mass is 9.93. The minimum atomic E-state index is -0.620. The van der Waals surface area contributed by atoms with Gasteiger partial charge in [-0.2, -0.15) is 0 Å². The average molecular weight is 299 g/mol. The first-order chi connectivity index (χ1) is 9.84. The van der Waals surface area contributed by atoms with Crippen molar-refractivity contribution in [1.82, 2.24) is 15.1 Å². The molecule has 1 fully saturated rings. The fourth-order valence-electron chi connectivity index (χ4n) is 3.05. The molecule has 1 saturated heterocycles. The van der Waals surface area contributed by atoms with Gasteiger partial charge in [-0.1, -0.05) is 0 Å². The molecular weight excluding hydrogens is 266 g/mol. The molecule has 0 aromatic heterocycles. The maximum Gasteiger partial charge on any atom is 0.326 e. The molecule has 1 aliphatic heterocycles. The molecule has 124 valence electrons. The predicted octanol–water partition coefficient (Wildman–Crippen LogP) is 1.33. The Hall–Kier alpha value is -0.650. The minimum absolute atomic E-state index is 0.161. The van der Waals surface area contributed by atoms with Gasteiger partial charge >= 0.3 is 5.97 Å². The van der Waals surface area contributed by atoms with E-state index in [0.717, 1.165) is 13.0 Å². The Morgan fingerprint density at radius 2 is 2.24 bits per heavy atom. The second kappa shape index (κ2) is 8.11. The van der Waals surface area contributed by atoms with Gasteiger partial charge in [0.25, 0.3) is 0 Å². The van der Waals surface area contributed by atoms with Crippen molar-refractivity contribution in [1.29, 1.82) is 0 Å². The lowest BCUT2D eigenvalue weighted by Crippen LogP contribution is -2.53. The maximum absolute atomic E-state index is 12.1. The van der Waals surface area contributed by atoms with E-state index in [4.69, 9.17) is 4.74 Å². The molecule has 3 unspecified atom stereocenters. The lowest BCUT2D eigenvalue weighted by Gasteiger charge is -2.35. The molecule has 0 spiro atoms. The second-order valence-corrected chi connectivity index (χ2v) is 6.57. The zero-order valence-corrected chi connectivity index (χ0v) is 14.6. The first-order valence-electron chi connectivity index (χ1n) is 8.10. The summed E-state index contributed by atoms with van der Waals surface area (Å²) in [7, 11) is 6.18. The summed E-state index contributed by atoms with van der Waals surface area (Å²) >= 11 is 0. The normalized spacial score (nSPS) is 24.0. The van der Waals surface area contributed by atoms with Gasteiger partial charge in [-0.05, 0) is 67.7 Å². The first-order valence-corrected chi connectivity index (χ1v) is 8.10. The monoisotopic (exact) mass is 299 g/mol. The summed E-state index contributed by atoms with van der Waals surface area (Å²) in [6, 6.07) is 0.960. The number of hydrogen-bond acceptors (Lipinski definition) is 5. The Kier molecular flexibility index (Phi) is 7.10. The van der Waals surface area contributed by atoms with Crippen LogP contribution in [0.1, 0.15) is 40.0 Å². The Balaban J connectivity index is 2.56. The van der Waals surface area contributed by atoms with Gasteiger partial charge in [-0.15, -0.1) is 0 Å². The van der Waals surface area contributed by atoms with Gasteiger partial charge in [0.2, 0.25) is 0 Å². The zero-order chi connectivity index (χ0) is 16.0. The highest BCUT2D eigenvalue weighted by atomic mass is 16.5. The van der Waals surface area contributed by atoms with Crippen LogP contribution in [0.3, 0.4) is 0 Å². The summed E-state index contributed by atoms with van der Waals surface area (Å²) in [5.74, 6) is -0.161. The smallest absolute Gasteiger partial charge is 0.326 e. The van der Waals surface area contributed by atoms with E-state index in [-0.39, 0.29) is 5.97 Å². The number of likely N-dealkylation sites (tertiary alicyclic amines) is 1. The quantitative estimate of drug-likeness (QED) is 0.685. The van der Waals surface area contributed by atoms with Crippen molar-refractivity contribution < 1.29 is 9.53 Å². The van der Waals surface area contributed by atoms with E-state index in [1.807, 2.05) is 20.9 Å². The van der Waals surface area contributed by atoms with E-state index in [0.29, 0.717) is 18.7 Å². The van der Waals surface area contributed by atoms with Gasteiger partial charge < -0.3 is 19.9 Å². The summed E-state index contributed by atoms with van der Waals surface area (Å²) in [6.07, 6.45) is 3.31. The highest BCUT2D eigenvalue weighted by molar-refractivity contribution is 5.80. The van der Waals surface area contributed by atoms with Crippen LogP contribution in [0.15, 0.2) is 0 Å². The summed E-state index contributed by atoms with van der Waals surface area (Å²) in [4.78, 5) is 16.9. The van der Waals surface area contributed by atoms with E-state index in [1.165, 1.54) is 19.4 Å². The standard InChI is InChI=1S/C16H33N3O2/c1-7-21-15(20)16(3,17-4)11-13(2)19(6)12-14-9-8-10-18(14)5/h13-14,17H,7-12H2,1-6H3. The van der Waals surface area contributed by atoms with Crippen molar-refractivity contribution in [3.05, 3.63) is 0 Å². The number of esters is 1. The van der Waals surface area contributed by atoms with Gasteiger partial charge in [0.1, 0.15) is 5.54 Å². The summed E-state index contributed by atoms with van der Waals surface area (Å²) in [6.45, 7) is 8.64. The summed E-state index contributed by atoms with van der Waals surface area (Å²) in [5.41, 5.74) is -0.620. The highest BCUT2D eigenvalue weighted by Gasteiger charge is 2.36. The van der Waals surface area contributed by atoms with E-state index < -0.39 is 5.54 Å². The Bertz CT molecular complexity index is 337. The fraction of sp³-hybridized carbons (Fsp3) is 0.938. The number of likely N-dealkylation sites (N-methyl/N-ethyl adjacent to an activating group) is 3. The number of ether oxygens (including phenoxy) is 1. The van der Waals surface area contributed by atoms with Crippen molar-refractivity contribution in [2.24, 2.45) is 0 Å². The number of nitrogens with zero attached hydrogens (tertiary/aromatic N) is 2. The molecule has 0 aromatic carbocycles. The fourth-order valence-corrected chi connectivity index (χ4v) is 3.05. The third-order valence-electron chi connectivity index (χ3n) is 4.90. The van der Waals surface area contributed by atoms with Crippen molar-refractivity contribution >= 4 is 5.97 Å². The van der Waals surface area contributed by atoms with Gasteiger partial charge in [0.05, 0.1) is 6.61 Å².